The Kier molecular flexibility index (Phi) is 3.86. The number of carbonyl (C=O) groups excluding carboxylic acids is 2. The zero-order valence-electron chi connectivity index (χ0n) is 12.7. The van der Waals surface area contributed by atoms with Crippen molar-refractivity contribution >= 4 is 17.6 Å². The van der Waals surface area contributed by atoms with Gasteiger partial charge in [-0.15, -0.1) is 0 Å². The minimum absolute atomic E-state index is 0.0204. The number of halogens is 1. The van der Waals surface area contributed by atoms with Crippen molar-refractivity contribution in [3.63, 3.8) is 0 Å². The van der Waals surface area contributed by atoms with E-state index < -0.39 is 17.4 Å². The first-order valence-corrected chi connectivity index (χ1v) is 7.30. The molecule has 1 unspecified atom stereocenters. The third-order valence-corrected chi connectivity index (χ3v) is 4.12. The highest BCUT2D eigenvalue weighted by Gasteiger charge is 2.52. The number of nitrogens with zero attached hydrogens (tertiary/aromatic N) is 1. The molecule has 1 atom stereocenters. The molecule has 5 heteroatoms. The molecule has 2 aromatic rings. The van der Waals surface area contributed by atoms with Crippen LogP contribution in [0.2, 0.25) is 0 Å². The van der Waals surface area contributed by atoms with E-state index in [1.54, 1.807) is 0 Å². The molecule has 1 heterocycles. The molecule has 1 aliphatic heterocycles. The molecule has 118 valence electrons. The standard InChI is InChI=1S/C18H16FNO3/c1-13(21)18(11-14-5-3-2-4-6-14)12-23-17(22)20(18)16-9-7-15(19)8-10-16/h2-10H,11-12H2,1H3. The van der Waals surface area contributed by atoms with Crippen LogP contribution in [-0.2, 0) is 16.0 Å². The second-order valence-corrected chi connectivity index (χ2v) is 5.62. The van der Waals surface area contributed by atoms with Crippen molar-refractivity contribution in [3.05, 3.63) is 66.0 Å². The summed E-state index contributed by atoms with van der Waals surface area (Å²) in [5.41, 5.74) is 0.254. The molecule has 0 aromatic heterocycles. The zero-order chi connectivity index (χ0) is 16.4. The number of ketones is 1. The third kappa shape index (κ3) is 2.70. The minimum Gasteiger partial charge on any atom is -0.446 e. The van der Waals surface area contributed by atoms with E-state index in [9.17, 15) is 14.0 Å². The Morgan fingerprint density at radius 3 is 2.43 bits per heavy atom. The highest BCUT2D eigenvalue weighted by Crippen LogP contribution is 2.34. The fourth-order valence-electron chi connectivity index (χ4n) is 2.87. The van der Waals surface area contributed by atoms with Crippen molar-refractivity contribution in [1.82, 2.24) is 0 Å². The number of hydrogen-bond acceptors (Lipinski definition) is 3. The highest BCUT2D eigenvalue weighted by molar-refractivity contribution is 6.03. The lowest BCUT2D eigenvalue weighted by molar-refractivity contribution is -0.122. The van der Waals surface area contributed by atoms with Gasteiger partial charge in [0.2, 0.25) is 0 Å². The van der Waals surface area contributed by atoms with E-state index in [1.165, 1.54) is 36.1 Å². The van der Waals surface area contributed by atoms with Crippen LogP contribution >= 0.6 is 0 Å². The number of anilines is 1. The van der Waals surface area contributed by atoms with Gasteiger partial charge in [-0.25, -0.2) is 9.18 Å². The van der Waals surface area contributed by atoms with Crippen LogP contribution in [0, 0.1) is 5.82 Å². The van der Waals surface area contributed by atoms with E-state index >= 15 is 0 Å². The lowest BCUT2D eigenvalue weighted by Gasteiger charge is -2.33. The molecule has 3 rings (SSSR count). The van der Waals surface area contributed by atoms with Crippen LogP contribution in [0.4, 0.5) is 14.9 Å². The molecular formula is C18H16FNO3. The second kappa shape index (κ2) is 5.83. The molecule has 0 radical (unpaired) electrons. The number of cyclic esters (lactones) is 1. The maximum absolute atomic E-state index is 13.2. The van der Waals surface area contributed by atoms with Gasteiger partial charge in [0.15, 0.2) is 5.78 Å². The first-order chi connectivity index (χ1) is 11.0. The molecule has 2 aromatic carbocycles. The van der Waals surface area contributed by atoms with Crippen LogP contribution in [0.1, 0.15) is 12.5 Å². The lowest BCUT2D eigenvalue weighted by atomic mass is 9.86. The first-order valence-electron chi connectivity index (χ1n) is 7.30. The second-order valence-electron chi connectivity index (χ2n) is 5.62. The summed E-state index contributed by atoms with van der Waals surface area (Å²) in [6.45, 7) is 1.43. The molecule has 1 saturated heterocycles. The summed E-state index contributed by atoms with van der Waals surface area (Å²) in [6.07, 6.45) is -0.255. The molecule has 0 spiro atoms. The van der Waals surface area contributed by atoms with Crippen molar-refractivity contribution in [2.45, 2.75) is 18.9 Å². The summed E-state index contributed by atoms with van der Waals surface area (Å²) in [4.78, 5) is 26.0. The predicted molar refractivity (Wildman–Crippen MR) is 83.8 cm³/mol. The van der Waals surface area contributed by atoms with Gasteiger partial charge in [-0.3, -0.25) is 9.69 Å². The summed E-state index contributed by atoms with van der Waals surface area (Å²) >= 11 is 0. The van der Waals surface area contributed by atoms with E-state index in [4.69, 9.17) is 4.74 Å². The predicted octanol–water partition coefficient (Wildman–Crippen LogP) is 3.35. The number of Topliss-reactive ketones (excluding diaryl/α,β-unsaturated/α-hetero) is 1. The van der Waals surface area contributed by atoms with E-state index in [2.05, 4.69) is 0 Å². The van der Waals surface area contributed by atoms with Crippen molar-refractivity contribution in [2.24, 2.45) is 0 Å². The van der Waals surface area contributed by atoms with Crippen LogP contribution in [0.3, 0.4) is 0 Å². The largest absolute Gasteiger partial charge is 0.446 e. The van der Waals surface area contributed by atoms with E-state index in [-0.39, 0.29) is 12.4 Å². The quantitative estimate of drug-likeness (QED) is 0.869. The van der Waals surface area contributed by atoms with Crippen LogP contribution in [-0.4, -0.2) is 24.0 Å². The maximum Gasteiger partial charge on any atom is 0.415 e. The Morgan fingerprint density at radius 1 is 1.17 bits per heavy atom. The van der Waals surface area contributed by atoms with Crippen molar-refractivity contribution < 1.29 is 18.7 Å². The molecular weight excluding hydrogens is 297 g/mol. The van der Waals surface area contributed by atoms with Gasteiger partial charge in [-0.1, -0.05) is 30.3 Å². The lowest BCUT2D eigenvalue weighted by Crippen LogP contribution is -2.54. The van der Waals surface area contributed by atoms with Crippen LogP contribution in [0.15, 0.2) is 54.6 Å². The van der Waals surface area contributed by atoms with Crippen molar-refractivity contribution in [2.75, 3.05) is 11.5 Å². The number of amides is 1. The number of carbonyl (C=O) groups is 2. The van der Waals surface area contributed by atoms with Gasteiger partial charge in [0, 0.05) is 12.1 Å². The molecule has 1 fully saturated rings. The topological polar surface area (TPSA) is 46.6 Å². The Labute approximate surface area is 133 Å². The molecule has 0 saturated carbocycles. The fraction of sp³-hybridized carbons (Fsp3) is 0.222. The smallest absolute Gasteiger partial charge is 0.415 e. The van der Waals surface area contributed by atoms with Gasteiger partial charge in [0.05, 0.1) is 0 Å². The van der Waals surface area contributed by atoms with Gasteiger partial charge in [0.1, 0.15) is 18.0 Å². The normalized spacial score (nSPS) is 20.4. The molecule has 0 aliphatic carbocycles. The van der Waals surface area contributed by atoms with Crippen LogP contribution in [0.5, 0.6) is 0 Å². The number of ether oxygens (including phenoxy) is 1. The Balaban J connectivity index is 2.05. The van der Waals surface area contributed by atoms with Crippen LogP contribution in [0.25, 0.3) is 0 Å². The molecule has 0 N–H and O–H groups in total. The van der Waals surface area contributed by atoms with Crippen LogP contribution < -0.4 is 4.90 Å². The summed E-state index contributed by atoms with van der Waals surface area (Å²) in [5, 5.41) is 0. The van der Waals surface area contributed by atoms with E-state index in [0.29, 0.717) is 12.1 Å². The van der Waals surface area contributed by atoms with Gasteiger partial charge in [-0.05, 0) is 36.8 Å². The monoisotopic (exact) mass is 313 g/mol. The number of rotatable bonds is 4. The van der Waals surface area contributed by atoms with Gasteiger partial charge in [-0.2, -0.15) is 0 Å². The molecule has 4 nitrogen and oxygen atoms in total. The molecule has 23 heavy (non-hydrogen) atoms. The third-order valence-electron chi connectivity index (χ3n) is 4.12. The minimum atomic E-state index is -1.11. The summed E-state index contributed by atoms with van der Waals surface area (Å²) in [7, 11) is 0. The molecule has 1 aliphatic rings. The Morgan fingerprint density at radius 2 is 1.83 bits per heavy atom. The average molecular weight is 313 g/mol. The van der Waals surface area contributed by atoms with Crippen molar-refractivity contribution in [3.8, 4) is 0 Å². The van der Waals surface area contributed by atoms with Gasteiger partial charge >= 0.3 is 6.09 Å². The van der Waals surface area contributed by atoms with Crippen molar-refractivity contribution in [1.29, 1.82) is 0 Å². The highest BCUT2D eigenvalue weighted by atomic mass is 19.1. The SMILES string of the molecule is CC(=O)C1(Cc2ccccc2)COC(=O)N1c1ccc(F)cc1. The zero-order valence-corrected chi connectivity index (χ0v) is 12.7. The fourth-order valence-corrected chi connectivity index (χ4v) is 2.87. The summed E-state index contributed by atoms with van der Waals surface area (Å²) in [5.74, 6) is -0.575. The van der Waals surface area contributed by atoms with E-state index in [0.717, 1.165) is 5.56 Å². The molecule has 1 amide bonds. The Hall–Kier alpha value is -2.69. The number of hydrogen-bond donors (Lipinski definition) is 0. The van der Waals surface area contributed by atoms with Gasteiger partial charge < -0.3 is 4.74 Å². The summed E-state index contributed by atoms with van der Waals surface area (Å²) < 4.78 is 18.3. The van der Waals surface area contributed by atoms with E-state index in [1.807, 2.05) is 30.3 Å². The Bertz CT molecular complexity index is 730. The summed E-state index contributed by atoms with van der Waals surface area (Å²) in [6, 6.07) is 14.9. The average Bonchev–Trinajstić information content (AvgIpc) is 2.87. The first kappa shape index (κ1) is 15.2. The van der Waals surface area contributed by atoms with Gasteiger partial charge in [0.25, 0.3) is 0 Å². The maximum atomic E-state index is 13.2. The number of benzene rings is 2. The molecule has 0 bridgehead atoms.